The first-order valence-electron chi connectivity index (χ1n) is 8.04. The van der Waals surface area contributed by atoms with Gasteiger partial charge < -0.3 is 15.5 Å². The standard InChI is InChI=1S/C18H20N4O2/c23-17(20-15-5-2-1-3-6-15)14-8-11-22(12-9-14)18(24)21-16-7-4-10-19-13-16/h1-7,10,13-14H,8-9,11-12H2,(H,20,23)(H,21,24). The Morgan fingerprint density at radius 2 is 1.67 bits per heavy atom. The van der Waals surface area contributed by atoms with Crippen LogP contribution in [0.4, 0.5) is 16.2 Å². The molecule has 0 bridgehead atoms. The lowest BCUT2D eigenvalue weighted by atomic mass is 9.96. The van der Waals surface area contributed by atoms with Gasteiger partial charge in [0.15, 0.2) is 0 Å². The third kappa shape index (κ3) is 4.10. The van der Waals surface area contributed by atoms with Gasteiger partial charge in [-0.1, -0.05) is 18.2 Å². The molecule has 2 N–H and O–H groups in total. The molecule has 0 unspecified atom stereocenters. The fourth-order valence-corrected chi connectivity index (χ4v) is 2.75. The minimum atomic E-state index is -0.148. The number of carbonyl (C=O) groups is 2. The molecule has 3 amide bonds. The summed E-state index contributed by atoms with van der Waals surface area (Å²) in [6.45, 7) is 1.14. The number of hydrogen-bond donors (Lipinski definition) is 2. The normalized spacial score (nSPS) is 14.9. The Bertz CT molecular complexity index is 621. The van der Waals surface area contributed by atoms with Crippen molar-refractivity contribution in [3.05, 3.63) is 54.9 Å². The summed E-state index contributed by atoms with van der Waals surface area (Å²) in [6.07, 6.45) is 4.60. The van der Waals surface area contributed by atoms with Gasteiger partial charge >= 0.3 is 6.03 Å². The number of nitrogens with one attached hydrogen (secondary N) is 2. The maximum absolute atomic E-state index is 12.3. The van der Waals surface area contributed by atoms with Crippen LogP contribution in [0.2, 0.25) is 0 Å². The van der Waals surface area contributed by atoms with Gasteiger partial charge in [0.25, 0.3) is 0 Å². The molecule has 2 heterocycles. The number of rotatable bonds is 3. The maximum Gasteiger partial charge on any atom is 0.321 e. The number of pyridine rings is 1. The molecule has 1 aliphatic rings. The number of benzene rings is 1. The van der Waals surface area contributed by atoms with Gasteiger partial charge in [-0.3, -0.25) is 9.78 Å². The minimum Gasteiger partial charge on any atom is -0.326 e. The molecule has 1 fully saturated rings. The van der Waals surface area contributed by atoms with Crippen molar-refractivity contribution in [3.8, 4) is 0 Å². The number of piperidine rings is 1. The lowest BCUT2D eigenvalue weighted by Gasteiger charge is -2.31. The molecule has 0 radical (unpaired) electrons. The Balaban J connectivity index is 1.48. The molecule has 0 saturated carbocycles. The number of anilines is 2. The number of likely N-dealkylation sites (tertiary alicyclic amines) is 1. The molecule has 6 heteroatoms. The average Bonchev–Trinajstić information content (AvgIpc) is 2.63. The van der Waals surface area contributed by atoms with Crippen LogP contribution in [0.25, 0.3) is 0 Å². The van der Waals surface area contributed by atoms with Gasteiger partial charge in [-0.05, 0) is 37.1 Å². The minimum absolute atomic E-state index is 0.0218. The van der Waals surface area contributed by atoms with E-state index in [2.05, 4.69) is 15.6 Å². The number of aromatic nitrogens is 1. The van der Waals surface area contributed by atoms with Crippen molar-refractivity contribution < 1.29 is 9.59 Å². The summed E-state index contributed by atoms with van der Waals surface area (Å²) in [5, 5.41) is 5.75. The van der Waals surface area contributed by atoms with Crippen LogP contribution in [0.3, 0.4) is 0 Å². The molecule has 1 aromatic carbocycles. The highest BCUT2D eigenvalue weighted by Gasteiger charge is 2.27. The van der Waals surface area contributed by atoms with Crippen LogP contribution in [0.15, 0.2) is 54.9 Å². The van der Waals surface area contributed by atoms with E-state index in [1.165, 1.54) is 0 Å². The smallest absolute Gasteiger partial charge is 0.321 e. The van der Waals surface area contributed by atoms with Crippen molar-refractivity contribution >= 4 is 23.3 Å². The van der Waals surface area contributed by atoms with Crippen molar-refractivity contribution in [2.45, 2.75) is 12.8 Å². The molecule has 2 aromatic rings. The van der Waals surface area contributed by atoms with Crippen LogP contribution in [0.1, 0.15) is 12.8 Å². The van der Waals surface area contributed by atoms with Crippen LogP contribution in [-0.4, -0.2) is 34.9 Å². The zero-order chi connectivity index (χ0) is 16.8. The third-order valence-corrected chi connectivity index (χ3v) is 4.11. The number of para-hydroxylation sites is 1. The van der Waals surface area contributed by atoms with E-state index in [1.54, 1.807) is 29.4 Å². The first-order chi connectivity index (χ1) is 11.7. The fourth-order valence-electron chi connectivity index (χ4n) is 2.75. The molecular formula is C18H20N4O2. The summed E-state index contributed by atoms with van der Waals surface area (Å²) in [4.78, 5) is 30.2. The molecule has 0 atom stereocenters. The van der Waals surface area contributed by atoms with Gasteiger partial charge in [-0.25, -0.2) is 4.79 Å². The molecule has 24 heavy (non-hydrogen) atoms. The SMILES string of the molecule is O=C(Nc1ccccc1)C1CCN(C(=O)Nc2cccnc2)CC1. The van der Waals surface area contributed by atoms with Gasteiger partial charge in [0.05, 0.1) is 11.9 Å². The van der Waals surface area contributed by atoms with E-state index in [9.17, 15) is 9.59 Å². The topological polar surface area (TPSA) is 74.3 Å². The largest absolute Gasteiger partial charge is 0.326 e. The molecule has 3 rings (SSSR count). The van der Waals surface area contributed by atoms with E-state index in [1.807, 2.05) is 30.3 Å². The number of nitrogens with zero attached hydrogens (tertiary/aromatic N) is 2. The lowest BCUT2D eigenvalue weighted by molar-refractivity contribution is -0.121. The van der Waals surface area contributed by atoms with Crippen LogP contribution in [0, 0.1) is 5.92 Å². The van der Waals surface area contributed by atoms with Crippen molar-refractivity contribution in [2.75, 3.05) is 23.7 Å². The molecular weight excluding hydrogens is 304 g/mol. The molecule has 6 nitrogen and oxygen atoms in total. The van der Waals surface area contributed by atoms with E-state index < -0.39 is 0 Å². The van der Waals surface area contributed by atoms with Crippen molar-refractivity contribution in [2.24, 2.45) is 5.92 Å². The second kappa shape index (κ2) is 7.59. The Labute approximate surface area is 140 Å². The van der Waals surface area contributed by atoms with Gasteiger partial charge in [-0.15, -0.1) is 0 Å². The predicted molar refractivity (Wildman–Crippen MR) is 92.6 cm³/mol. The highest BCUT2D eigenvalue weighted by molar-refractivity contribution is 5.93. The van der Waals surface area contributed by atoms with Crippen molar-refractivity contribution in [1.29, 1.82) is 0 Å². The van der Waals surface area contributed by atoms with Crippen LogP contribution >= 0.6 is 0 Å². The number of carbonyl (C=O) groups excluding carboxylic acids is 2. The monoisotopic (exact) mass is 324 g/mol. The molecule has 1 aliphatic heterocycles. The quantitative estimate of drug-likeness (QED) is 0.911. The van der Waals surface area contributed by atoms with Crippen LogP contribution in [0.5, 0.6) is 0 Å². The number of urea groups is 1. The fraction of sp³-hybridized carbons (Fsp3) is 0.278. The van der Waals surface area contributed by atoms with E-state index >= 15 is 0 Å². The van der Waals surface area contributed by atoms with Gasteiger partial charge in [0.2, 0.25) is 5.91 Å². The van der Waals surface area contributed by atoms with Crippen LogP contribution in [-0.2, 0) is 4.79 Å². The molecule has 0 aliphatic carbocycles. The predicted octanol–water partition coefficient (Wildman–Crippen LogP) is 2.96. The van der Waals surface area contributed by atoms with E-state index in [0.29, 0.717) is 31.6 Å². The maximum atomic E-state index is 12.3. The van der Waals surface area contributed by atoms with Crippen LogP contribution < -0.4 is 10.6 Å². The van der Waals surface area contributed by atoms with E-state index in [0.717, 1.165) is 5.69 Å². The summed E-state index contributed by atoms with van der Waals surface area (Å²) < 4.78 is 0. The Morgan fingerprint density at radius 3 is 2.33 bits per heavy atom. The first-order valence-corrected chi connectivity index (χ1v) is 8.04. The first kappa shape index (κ1) is 16.0. The zero-order valence-corrected chi connectivity index (χ0v) is 13.3. The van der Waals surface area contributed by atoms with Crippen molar-refractivity contribution in [1.82, 2.24) is 9.88 Å². The second-order valence-corrected chi connectivity index (χ2v) is 5.79. The van der Waals surface area contributed by atoms with Gasteiger partial charge in [0, 0.05) is 30.9 Å². The van der Waals surface area contributed by atoms with Crippen molar-refractivity contribution in [3.63, 3.8) is 0 Å². The summed E-state index contributed by atoms with van der Waals surface area (Å²) in [7, 11) is 0. The number of hydrogen-bond acceptors (Lipinski definition) is 3. The Kier molecular flexibility index (Phi) is 5.05. The highest BCUT2D eigenvalue weighted by atomic mass is 16.2. The summed E-state index contributed by atoms with van der Waals surface area (Å²) in [6, 6.07) is 12.9. The highest BCUT2D eigenvalue weighted by Crippen LogP contribution is 2.20. The molecule has 124 valence electrons. The summed E-state index contributed by atoms with van der Waals surface area (Å²) >= 11 is 0. The summed E-state index contributed by atoms with van der Waals surface area (Å²) in [5.74, 6) is -0.0406. The molecule has 1 aromatic heterocycles. The molecule has 1 saturated heterocycles. The summed E-state index contributed by atoms with van der Waals surface area (Å²) in [5.41, 5.74) is 1.48. The average molecular weight is 324 g/mol. The van der Waals surface area contributed by atoms with E-state index in [4.69, 9.17) is 0 Å². The molecule has 0 spiro atoms. The lowest BCUT2D eigenvalue weighted by Crippen LogP contribution is -2.43. The third-order valence-electron chi connectivity index (χ3n) is 4.11. The van der Waals surface area contributed by atoms with Gasteiger partial charge in [0.1, 0.15) is 0 Å². The zero-order valence-electron chi connectivity index (χ0n) is 13.3. The van der Waals surface area contributed by atoms with Gasteiger partial charge in [-0.2, -0.15) is 0 Å². The van der Waals surface area contributed by atoms with E-state index in [-0.39, 0.29) is 17.9 Å². The number of amides is 3. The Hall–Kier alpha value is -2.89. The Morgan fingerprint density at radius 1 is 0.958 bits per heavy atom. The second-order valence-electron chi connectivity index (χ2n) is 5.79.